The molecule has 0 atom stereocenters. The number of carbonyl (C=O) groups is 1. The number of aryl methyl sites for hydroxylation is 1. The molecule has 1 aromatic carbocycles. The van der Waals surface area contributed by atoms with Crippen molar-refractivity contribution >= 4 is 28.6 Å². The second-order valence-electron chi connectivity index (χ2n) is 4.32. The first-order chi connectivity index (χ1) is 8.68. The van der Waals surface area contributed by atoms with Gasteiger partial charge in [-0.15, -0.1) is 11.3 Å². The van der Waals surface area contributed by atoms with Gasteiger partial charge in [0.2, 0.25) is 0 Å². The van der Waals surface area contributed by atoms with E-state index >= 15 is 0 Å². The zero-order valence-electron chi connectivity index (χ0n) is 10.0. The van der Waals surface area contributed by atoms with Crippen molar-refractivity contribution in [2.45, 2.75) is 13.3 Å². The first-order valence-corrected chi connectivity index (χ1v) is 6.66. The molecule has 18 heavy (non-hydrogen) atoms. The molecule has 0 aliphatic carbocycles. The van der Waals surface area contributed by atoms with Gasteiger partial charge >= 0.3 is 0 Å². The molecule has 0 radical (unpaired) electrons. The number of amides is 1. The van der Waals surface area contributed by atoms with Crippen LogP contribution in [0.4, 0.5) is 11.4 Å². The van der Waals surface area contributed by atoms with Gasteiger partial charge in [-0.2, -0.15) is 0 Å². The largest absolute Gasteiger partial charge is 0.398 e. The molecule has 4 nitrogen and oxygen atoms in total. The van der Waals surface area contributed by atoms with Crippen LogP contribution in [0.1, 0.15) is 20.9 Å². The summed E-state index contributed by atoms with van der Waals surface area (Å²) in [7, 11) is 0. The van der Waals surface area contributed by atoms with Crippen molar-refractivity contribution in [3.8, 4) is 0 Å². The second-order valence-corrected chi connectivity index (χ2v) is 5.17. The maximum absolute atomic E-state index is 12.5. The zero-order valence-corrected chi connectivity index (χ0v) is 10.8. The van der Waals surface area contributed by atoms with Crippen LogP contribution >= 0.6 is 11.3 Å². The Morgan fingerprint density at radius 1 is 1.50 bits per heavy atom. The highest BCUT2D eigenvalue weighted by Gasteiger charge is 2.28. The number of thiazole rings is 1. The van der Waals surface area contributed by atoms with Gasteiger partial charge < -0.3 is 10.6 Å². The van der Waals surface area contributed by atoms with Gasteiger partial charge in [0.05, 0.1) is 11.2 Å². The number of hydrogen-bond acceptors (Lipinski definition) is 4. The number of anilines is 2. The highest BCUT2D eigenvalue weighted by Crippen LogP contribution is 2.33. The number of nitrogen functional groups attached to an aromatic ring is 1. The highest BCUT2D eigenvalue weighted by molar-refractivity contribution is 7.12. The fraction of sp³-hybridized carbons (Fsp3) is 0.231. The van der Waals surface area contributed by atoms with E-state index < -0.39 is 0 Å². The van der Waals surface area contributed by atoms with Crippen molar-refractivity contribution in [3.63, 3.8) is 0 Å². The van der Waals surface area contributed by atoms with Crippen molar-refractivity contribution in [1.82, 2.24) is 4.98 Å². The fourth-order valence-electron chi connectivity index (χ4n) is 2.30. The van der Waals surface area contributed by atoms with Gasteiger partial charge in [0.15, 0.2) is 0 Å². The lowest BCUT2D eigenvalue weighted by atomic mass is 10.1. The first-order valence-electron chi connectivity index (χ1n) is 5.78. The number of benzene rings is 1. The third kappa shape index (κ3) is 1.59. The average molecular weight is 259 g/mol. The quantitative estimate of drug-likeness (QED) is 0.799. The number of nitrogens with zero attached hydrogens (tertiary/aromatic N) is 2. The van der Waals surface area contributed by atoms with Crippen LogP contribution in [0.25, 0.3) is 0 Å². The molecule has 1 aliphatic rings. The molecule has 1 aromatic heterocycles. The summed E-state index contributed by atoms with van der Waals surface area (Å²) in [5, 5.41) is 0. The van der Waals surface area contributed by atoms with E-state index in [9.17, 15) is 4.79 Å². The molecule has 0 saturated carbocycles. The summed E-state index contributed by atoms with van der Waals surface area (Å²) in [6.45, 7) is 2.56. The van der Waals surface area contributed by atoms with Crippen molar-refractivity contribution in [3.05, 3.63) is 39.8 Å². The van der Waals surface area contributed by atoms with E-state index in [0.29, 0.717) is 11.4 Å². The fourth-order valence-corrected chi connectivity index (χ4v) is 3.05. The van der Waals surface area contributed by atoms with E-state index in [1.165, 1.54) is 11.3 Å². The molecule has 0 spiro atoms. The van der Waals surface area contributed by atoms with E-state index in [4.69, 9.17) is 5.73 Å². The molecular weight excluding hydrogens is 246 g/mol. The van der Waals surface area contributed by atoms with Gasteiger partial charge in [0.25, 0.3) is 5.91 Å². The summed E-state index contributed by atoms with van der Waals surface area (Å²) in [5.41, 5.74) is 11.2. The van der Waals surface area contributed by atoms with E-state index in [1.54, 1.807) is 10.4 Å². The maximum atomic E-state index is 12.5. The molecule has 0 fully saturated rings. The van der Waals surface area contributed by atoms with Gasteiger partial charge in [-0.05, 0) is 25.5 Å². The number of aromatic nitrogens is 1. The van der Waals surface area contributed by atoms with Crippen molar-refractivity contribution < 1.29 is 4.79 Å². The molecule has 92 valence electrons. The summed E-state index contributed by atoms with van der Waals surface area (Å²) in [4.78, 5) is 19.1. The van der Waals surface area contributed by atoms with E-state index in [1.807, 2.05) is 25.1 Å². The monoisotopic (exact) mass is 259 g/mol. The number of nitrogens with two attached hydrogens (primary N) is 1. The van der Waals surface area contributed by atoms with Gasteiger partial charge in [-0.1, -0.05) is 6.07 Å². The Bertz CT molecular complexity index is 620. The summed E-state index contributed by atoms with van der Waals surface area (Å²) >= 11 is 1.39. The van der Waals surface area contributed by atoms with E-state index in [2.05, 4.69) is 4.98 Å². The number of carbonyl (C=O) groups excluding carboxylic acids is 1. The highest BCUT2D eigenvalue weighted by atomic mass is 32.1. The SMILES string of the molecule is Cc1ncsc1C(=O)N1CCc2c(N)cccc21. The van der Waals surface area contributed by atoms with Crippen LogP contribution in [0.5, 0.6) is 0 Å². The van der Waals surface area contributed by atoms with E-state index in [-0.39, 0.29) is 5.91 Å². The van der Waals surface area contributed by atoms with Gasteiger partial charge in [-0.3, -0.25) is 4.79 Å². The Hall–Kier alpha value is -1.88. The minimum atomic E-state index is 0.0272. The smallest absolute Gasteiger partial charge is 0.270 e. The predicted molar refractivity (Wildman–Crippen MR) is 73.1 cm³/mol. The number of fused-ring (bicyclic) bond motifs is 1. The van der Waals surface area contributed by atoms with Crippen LogP contribution in [0.15, 0.2) is 23.7 Å². The van der Waals surface area contributed by atoms with Crippen LogP contribution in [-0.2, 0) is 6.42 Å². The number of rotatable bonds is 1. The number of hydrogen-bond donors (Lipinski definition) is 1. The van der Waals surface area contributed by atoms with Gasteiger partial charge in [-0.25, -0.2) is 4.98 Å². The van der Waals surface area contributed by atoms with Crippen LogP contribution < -0.4 is 10.6 Å². The van der Waals surface area contributed by atoms with Crippen LogP contribution in [0.3, 0.4) is 0 Å². The molecule has 2 aromatic rings. The molecule has 3 rings (SSSR count). The Balaban J connectivity index is 2.00. The summed E-state index contributed by atoms with van der Waals surface area (Å²) in [5.74, 6) is 0.0272. The standard InChI is InChI=1S/C13H13N3OS/c1-8-12(18-7-15-8)13(17)16-6-5-9-10(14)3-2-4-11(9)16/h2-4,7H,5-6,14H2,1H3. The van der Waals surface area contributed by atoms with Gasteiger partial charge in [0, 0.05) is 23.5 Å². The lowest BCUT2D eigenvalue weighted by Gasteiger charge is -2.16. The molecule has 1 aliphatic heterocycles. The second kappa shape index (κ2) is 4.10. The summed E-state index contributed by atoms with van der Waals surface area (Å²) < 4.78 is 0. The summed E-state index contributed by atoms with van der Waals surface area (Å²) in [6.07, 6.45) is 0.825. The van der Waals surface area contributed by atoms with E-state index in [0.717, 1.165) is 29.1 Å². The molecular formula is C13H13N3OS. The molecule has 0 unspecified atom stereocenters. The van der Waals surface area contributed by atoms with Gasteiger partial charge in [0.1, 0.15) is 4.88 Å². The van der Waals surface area contributed by atoms with Crippen LogP contribution in [-0.4, -0.2) is 17.4 Å². The lowest BCUT2D eigenvalue weighted by Crippen LogP contribution is -2.28. The Labute approximate surface area is 109 Å². The molecule has 0 bridgehead atoms. The Kier molecular flexibility index (Phi) is 2.56. The van der Waals surface area contributed by atoms with Crippen molar-refractivity contribution in [2.24, 2.45) is 0 Å². The molecule has 5 heteroatoms. The van der Waals surface area contributed by atoms with Crippen molar-refractivity contribution in [2.75, 3.05) is 17.2 Å². The van der Waals surface area contributed by atoms with Crippen molar-refractivity contribution in [1.29, 1.82) is 0 Å². The Morgan fingerprint density at radius 3 is 3.06 bits per heavy atom. The lowest BCUT2D eigenvalue weighted by molar-refractivity contribution is 0.0992. The topological polar surface area (TPSA) is 59.2 Å². The molecule has 1 amide bonds. The molecule has 2 N–H and O–H groups in total. The maximum Gasteiger partial charge on any atom is 0.270 e. The summed E-state index contributed by atoms with van der Waals surface area (Å²) in [6, 6.07) is 5.72. The molecule has 2 heterocycles. The first kappa shape index (κ1) is 11.2. The average Bonchev–Trinajstić information content (AvgIpc) is 2.95. The minimum absolute atomic E-state index is 0.0272. The third-order valence-electron chi connectivity index (χ3n) is 3.25. The molecule has 0 saturated heterocycles. The van der Waals surface area contributed by atoms with Crippen LogP contribution in [0.2, 0.25) is 0 Å². The predicted octanol–water partition coefficient (Wildman–Crippen LogP) is 2.24. The Morgan fingerprint density at radius 2 is 2.33 bits per heavy atom. The zero-order chi connectivity index (χ0) is 12.7. The normalized spacial score (nSPS) is 13.7. The van der Waals surface area contributed by atoms with Crippen LogP contribution in [0, 0.1) is 6.92 Å². The minimum Gasteiger partial charge on any atom is -0.398 e. The third-order valence-corrected chi connectivity index (χ3v) is 4.17.